The third kappa shape index (κ3) is 2.34. The van der Waals surface area contributed by atoms with Crippen LogP contribution >= 0.6 is 0 Å². The zero-order valence-electron chi connectivity index (χ0n) is 11.9. The SMILES string of the molecule is NC(=O)Oc1cccc2[nH]c(-c3cnc4ccccc4n3)nc12. The third-order valence-electron chi connectivity index (χ3n) is 3.38. The Hall–Kier alpha value is -3.48. The minimum absolute atomic E-state index is 0.297. The van der Waals surface area contributed by atoms with E-state index < -0.39 is 6.09 Å². The van der Waals surface area contributed by atoms with Crippen molar-refractivity contribution in [2.45, 2.75) is 0 Å². The van der Waals surface area contributed by atoms with Gasteiger partial charge in [-0.2, -0.15) is 0 Å². The van der Waals surface area contributed by atoms with Crippen molar-refractivity contribution in [2.75, 3.05) is 0 Å². The maximum Gasteiger partial charge on any atom is 0.410 e. The first-order valence-electron chi connectivity index (χ1n) is 6.89. The van der Waals surface area contributed by atoms with E-state index in [1.54, 1.807) is 18.3 Å². The van der Waals surface area contributed by atoms with Crippen LogP contribution < -0.4 is 10.5 Å². The summed E-state index contributed by atoms with van der Waals surface area (Å²) < 4.78 is 4.97. The molecule has 0 atom stereocenters. The van der Waals surface area contributed by atoms with Gasteiger partial charge in [0.05, 0.1) is 22.7 Å². The number of rotatable bonds is 2. The van der Waals surface area contributed by atoms with Crippen LogP contribution in [0.1, 0.15) is 0 Å². The highest BCUT2D eigenvalue weighted by atomic mass is 16.5. The molecule has 0 bridgehead atoms. The molecule has 112 valence electrons. The molecule has 2 heterocycles. The van der Waals surface area contributed by atoms with E-state index in [-0.39, 0.29) is 0 Å². The first kappa shape index (κ1) is 13.2. The second kappa shape index (κ2) is 5.06. The van der Waals surface area contributed by atoms with Gasteiger partial charge in [0, 0.05) is 0 Å². The van der Waals surface area contributed by atoms with Crippen molar-refractivity contribution in [1.82, 2.24) is 19.9 Å². The minimum Gasteiger partial charge on any atom is -0.408 e. The van der Waals surface area contributed by atoms with E-state index in [0.29, 0.717) is 28.3 Å². The highest BCUT2D eigenvalue weighted by Crippen LogP contribution is 2.27. The smallest absolute Gasteiger partial charge is 0.408 e. The third-order valence-corrected chi connectivity index (χ3v) is 3.38. The Balaban J connectivity index is 1.86. The molecule has 7 nitrogen and oxygen atoms in total. The lowest BCUT2D eigenvalue weighted by Crippen LogP contribution is -2.16. The van der Waals surface area contributed by atoms with Gasteiger partial charge in [-0.1, -0.05) is 18.2 Å². The van der Waals surface area contributed by atoms with Gasteiger partial charge in [0.1, 0.15) is 11.2 Å². The second-order valence-corrected chi connectivity index (χ2v) is 4.90. The molecule has 2 aromatic carbocycles. The summed E-state index contributed by atoms with van der Waals surface area (Å²) >= 11 is 0. The molecule has 0 unspecified atom stereocenters. The molecule has 0 aliphatic rings. The van der Waals surface area contributed by atoms with E-state index in [1.165, 1.54) is 0 Å². The molecule has 0 saturated heterocycles. The van der Waals surface area contributed by atoms with Crippen LogP contribution in [-0.2, 0) is 0 Å². The average molecular weight is 305 g/mol. The average Bonchev–Trinajstić information content (AvgIpc) is 2.99. The number of aromatic nitrogens is 4. The molecule has 4 aromatic rings. The Morgan fingerprint density at radius 3 is 2.70 bits per heavy atom. The van der Waals surface area contributed by atoms with E-state index in [1.807, 2.05) is 30.3 Å². The maximum atomic E-state index is 11.0. The zero-order chi connectivity index (χ0) is 15.8. The van der Waals surface area contributed by atoms with Crippen LogP contribution in [0.25, 0.3) is 33.6 Å². The van der Waals surface area contributed by atoms with Gasteiger partial charge >= 0.3 is 6.09 Å². The number of benzene rings is 2. The summed E-state index contributed by atoms with van der Waals surface area (Å²) in [5, 5.41) is 0. The number of nitrogens with two attached hydrogens (primary N) is 1. The zero-order valence-corrected chi connectivity index (χ0v) is 11.9. The molecule has 7 heteroatoms. The van der Waals surface area contributed by atoms with Crippen LogP contribution in [0.2, 0.25) is 0 Å². The molecule has 0 spiro atoms. The number of aromatic amines is 1. The van der Waals surface area contributed by atoms with Crippen molar-refractivity contribution in [3.05, 3.63) is 48.7 Å². The number of fused-ring (bicyclic) bond motifs is 2. The lowest BCUT2D eigenvalue weighted by Gasteiger charge is -2.00. The van der Waals surface area contributed by atoms with Gasteiger partial charge in [0.2, 0.25) is 0 Å². The summed E-state index contributed by atoms with van der Waals surface area (Å²) in [7, 11) is 0. The normalized spacial score (nSPS) is 11.0. The molecule has 2 aromatic heterocycles. The van der Waals surface area contributed by atoms with Crippen molar-refractivity contribution in [1.29, 1.82) is 0 Å². The summed E-state index contributed by atoms with van der Waals surface area (Å²) in [4.78, 5) is 27.5. The van der Waals surface area contributed by atoms with Gasteiger partial charge in [0.25, 0.3) is 0 Å². The number of hydrogen-bond donors (Lipinski definition) is 2. The molecular formula is C16H11N5O2. The Kier molecular flexibility index (Phi) is 2.90. The Morgan fingerprint density at radius 2 is 1.87 bits per heavy atom. The Morgan fingerprint density at radius 1 is 1.04 bits per heavy atom. The standard InChI is InChI=1S/C16H11N5O2/c17-16(22)23-13-7-3-6-11-14(13)21-15(20-11)12-8-18-9-4-1-2-5-10(9)19-12/h1-8H,(H2,17,22)(H,20,21). The van der Waals surface area contributed by atoms with Crippen LogP contribution in [0.4, 0.5) is 4.79 Å². The topological polar surface area (TPSA) is 107 Å². The fraction of sp³-hybridized carbons (Fsp3) is 0. The first-order chi connectivity index (χ1) is 11.2. The molecule has 23 heavy (non-hydrogen) atoms. The van der Waals surface area contributed by atoms with E-state index >= 15 is 0 Å². The van der Waals surface area contributed by atoms with Crippen molar-refractivity contribution in [2.24, 2.45) is 5.73 Å². The summed E-state index contributed by atoms with van der Waals surface area (Å²) in [6.45, 7) is 0. The van der Waals surface area contributed by atoms with Crippen LogP contribution in [0.3, 0.4) is 0 Å². The highest BCUT2D eigenvalue weighted by Gasteiger charge is 2.12. The first-order valence-corrected chi connectivity index (χ1v) is 6.89. The summed E-state index contributed by atoms with van der Waals surface area (Å²) in [6, 6.07) is 12.8. The number of para-hydroxylation sites is 3. The van der Waals surface area contributed by atoms with Crippen LogP contribution in [0, 0.1) is 0 Å². The number of amides is 1. The van der Waals surface area contributed by atoms with Crippen LogP contribution in [-0.4, -0.2) is 26.0 Å². The lowest BCUT2D eigenvalue weighted by atomic mass is 10.3. The van der Waals surface area contributed by atoms with Crippen LogP contribution in [0.15, 0.2) is 48.7 Å². The summed E-state index contributed by atoms with van der Waals surface area (Å²) in [5.74, 6) is 0.838. The number of H-pyrrole nitrogens is 1. The molecule has 3 N–H and O–H groups in total. The van der Waals surface area contributed by atoms with Gasteiger partial charge in [-0.15, -0.1) is 0 Å². The molecule has 0 radical (unpaired) electrons. The monoisotopic (exact) mass is 305 g/mol. The van der Waals surface area contributed by atoms with E-state index in [9.17, 15) is 4.79 Å². The fourth-order valence-corrected chi connectivity index (χ4v) is 2.39. The number of carbonyl (C=O) groups excluding carboxylic acids is 1. The van der Waals surface area contributed by atoms with Crippen molar-refractivity contribution in [3.8, 4) is 17.3 Å². The number of carbonyl (C=O) groups is 1. The molecule has 1 amide bonds. The largest absolute Gasteiger partial charge is 0.410 e. The molecular weight excluding hydrogens is 294 g/mol. The van der Waals surface area contributed by atoms with Crippen LogP contribution in [0.5, 0.6) is 5.75 Å². The van der Waals surface area contributed by atoms with Gasteiger partial charge in [-0.25, -0.2) is 14.8 Å². The Bertz CT molecular complexity index is 1040. The maximum absolute atomic E-state index is 11.0. The summed E-state index contributed by atoms with van der Waals surface area (Å²) in [6.07, 6.45) is 0.766. The van der Waals surface area contributed by atoms with Crippen molar-refractivity contribution in [3.63, 3.8) is 0 Å². The number of nitrogens with one attached hydrogen (secondary N) is 1. The predicted molar refractivity (Wildman–Crippen MR) is 84.8 cm³/mol. The van der Waals surface area contributed by atoms with Gasteiger partial charge < -0.3 is 15.5 Å². The fourth-order valence-electron chi connectivity index (χ4n) is 2.39. The van der Waals surface area contributed by atoms with Gasteiger partial charge in [0.15, 0.2) is 11.6 Å². The lowest BCUT2D eigenvalue weighted by molar-refractivity contribution is 0.211. The summed E-state index contributed by atoms with van der Waals surface area (Å²) in [5.41, 5.74) is 8.49. The van der Waals surface area contributed by atoms with Crippen molar-refractivity contribution < 1.29 is 9.53 Å². The number of ether oxygens (including phenoxy) is 1. The molecule has 4 rings (SSSR count). The van der Waals surface area contributed by atoms with Gasteiger partial charge in [-0.3, -0.25) is 4.98 Å². The quantitative estimate of drug-likeness (QED) is 0.592. The molecule has 0 fully saturated rings. The van der Waals surface area contributed by atoms with E-state index in [2.05, 4.69) is 19.9 Å². The second-order valence-electron chi connectivity index (χ2n) is 4.90. The molecule has 0 saturated carbocycles. The van der Waals surface area contributed by atoms with E-state index in [0.717, 1.165) is 11.0 Å². The van der Waals surface area contributed by atoms with Gasteiger partial charge in [-0.05, 0) is 24.3 Å². The number of imidazole rings is 1. The number of hydrogen-bond acceptors (Lipinski definition) is 5. The number of primary amides is 1. The molecule has 0 aliphatic heterocycles. The minimum atomic E-state index is -0.882. The van der Waals surface area contributed by atoms with E-state index in [4.69, 9.17) is 10.5 Å². The highest BCUT2D eigenvalue weighted by molar-refractivity contribution is 5.87. The van der Waals surface area contributed by atoms with Crippen molar-refractivity contribution >= 4 is 28.2 Å². The predicted octanol–water partition coefficient (Wildman–Crippen LogP) is 2.63. The number of nitrogens with zero attached hydrogens (tertiary/aromatic N) is 3. The molecule has 0 aliphatic carbocycles. The Labute approximate surface area is 130 Å².